The van der Waals surface area contributed by atoms with Gasteiger partial charge in [-0.15, -0.1) is 0 Å². The van der Waals surface area contributed by atoms with Gasteiger partial charge in [-0.05, 0) is 18.1 Å². The number of aromatic hydroxyl groups is 1. The summed E-state index contributed by atoms with van der Waals surface area (Å²) >= 11 is 5.80. The number of hydrogen-bond donors (Lipinski definition) is 2. The van der Waals surface area contributed by atoms with E-state index in [2.05, 4.69) is 0 Å². The monoisotopic (exact) mass is 244 g/mol. The molecule has 1 aromatic rings. The number of hydrogen-bond acceptors (Lipinski definition) is 3. The van der Waals surface area contributed by atoms with Crippen molar-refractivity contribution in [3.05, 3.63) is 22.7 Å². The van der Waals surface area contributed by atoms with Crippen molar-refractivity contribution in [1.29, 1.82) is 0 Å². The molecule has 0 aliphatic rings. The Labute approximate surface area is 98.4 Å². The maximum Gasteiger partial charge on any atom is 0.306 e. The van der Waals surface area contributed by atoms with Crippen LogP contribution in [-0.4, -0.2) is 23.3 Å². The lowest BCUT2D eigenvalue weighted by Crippen LogP contribution is -2.12. The third-order valence-electron chi connectivity index (χ3n) is 2.30. The van der Waals surface area contributed by atoms with Crippen molar-refractivity contribution >= 4 is 17.6 Å². The van der Waals surface area contributed by atoms with Gasteiger partial charge in [-0.2, -0.15) is 0 Å². The minimum absolute atomic E-state index is 0.0149. The Morgan fingerprint density at radius 1 is 1.56 bits per heavy atom. The Morgan fingerprint density at radius 3 is 2.69 bits per heavy atom. The second kappa shape index (κ2) is 5.07. The second-order valence-corrected chi connectivity index (χ2v) is 3.97. The van der Waals surface area contributed by atoms with Crippen molar-refractivity contribution in [2.45, 2.75) is 13.3 Å². The van der Waals surface area contributed by atoms with Crippen molar-refractivity contribution in [2.24, 2.45) is 5.92 Å². The third kappa shape index (κ3) is 2.79. The Morgan fingerprint density at radius 2 is 2.19 bits per heavy atom. The van der Waals surface area contributed by atoms with Crippen LogP contribution in [0.1, 0.15) is 12.5 Å². The molecular weight excluding hydrogens is 232 g/mol. The van der Waals surface area contributed by atoms with Crippen LogP contribution in [0.4, 0.5) is 0 Å². The van der Waals surface area contributed by atoms with Crippen LogP contribution in [0.15, 0.2) is 12.1 Å². The van der Waals surface area contributed by atoms with Gasteiger partial charge in [-0.3, -0.25) is 4.79 Å². The number of ether oxygens (including phenoxy) is 1. The van der Waals surface area contributed by atoms with E-state index in [4.69, 9.17) is 21.4 Å². The molecule has 0 fully saturated rings. The number of halogens is 1. The van der Waals surface area contributed by atoms with E-state index in [-0.39, 0.29) is 12.2 Å². The molecule has 1 aromatic carbocycles. The lowest BCUT2D eigenvalue weighted by atomic mass is 10.0. The third-order valence-corrected chi connectivity index (χ3v) is 2.60. The van der Waals surface area contributed by atoms with E-state index in [0.29, 0.717) is 16.3 Å². The summed E-state index contributed by atoms with van der Waals surface area (Å²) in [6.07, 6.45) is 0.231. The standard InChI is InChI=1S/C11H13ClO4/c1-6(11(14)15)3-7-4-10(16-2)8(12)5-9(7)13/h4-6,13H,3H2,1-2H3,(H,14,15). The van der Waals surface area contributed by atoms with Crippen molar-refractivity contribution in [3.8, 4) is 11.5 Å². The van der Waals surface area contributed by atoms with Crippen LogP contribution in [0.5, 0.6) is 11.5 Å². The largest absolute Gasteiger partial charge is 0.508 e. The highest BCUT2D eigenvalue weighted by molar-refractivity contribution is 6.32. The number of rotatable bonds is 4. The molecule has 16 heavy (non-hydrogen) atoms. The fraction of sp³-hybridized carbons (Fsp3) is 0.364. The first-order valence-electron chi connectivity index (χ1n) is 4.74. The van der Waals surface area contributed by atoms with Gasteiger partial charge in [0, 0.05) is 6.07 Å². The molecule has 0 radical (unpaired) electrons. The van der Waals surface area contributed by atoms with Gasteiger partial charge in [-0.1, -0.05) is 18.5 Å². The van der Waals surface area contributed by atoms with Gasteiger partial charge >= 0.3 is 5.97 Å². The number of carboxylic acids is 1. The highest BCUT2D eigenvalue weighted by Gasteiger charge is 2.16. The highest BCUT2D eigenvalue weighted by Crippen LogP contribution is 2.32. The first kappa shape index (κ1) is 12.6. The summed E-state index contributed by atoms with van der Waals surface area (Å²) in [6, 6.07) is 2.90. The molecule has 0 amide bonds. The zero-order valence-electron chi connectivity index (χ0n) is 9.03. The Kier molecular flexibility index (Phi) is 4.01. The predicted molar refractivity (Wildman–Crippen MR) is 60.2 cm³/mol. The zero-order chi connectivity index (χ0) is 12.3. The summed E-state index contributed by atoms with van der Waals surface area (Å²) in [5.41, 5.74) is 0.510. The van der Waals surface area contributed by atoms with Crippen molar-refractivity contribution in [1.82, 2.24) is 0 Å². The van der Waals surface area contributed by atoms with E-state index < -0.39 is 11.9 Å². The van der Waals surface area contributed by atoms with E-state index in [1.807, 2.05) is 0 Å². The topological polar surface area (TPSA) is 66.8 Å². The minimum Gasteiger partial charge on any atom is -0.508 e. The number of benzene rings is 1. The summed E-state index contributed by atoms with van der Waals surface area (Å²) in [7, 11) is 1.46. The van der Waals surface area contributed by atoms with Crippen LogP contribution in [0, 0.1) is 5.92 Å². The van der Waals surface area contributed by atoms with Crippen LogP contribution in [-0.2, 0) is 11.2 Å². The first-order chi connectivity index (χ1) is 7.45. The van der Waals surface area contributed by atoms with Gasteiger partial charge in [0.15, 0.2) is 0 Å². The number of methoxy groups -OCH3 is 1. The molecule has 5 heteroatoms. The quantitative estimate of drug-likeness (QED) is 0.853. The van der Waals surface area contributed by atoms with Crippen LogP contribution < -0.4 is 4.74 Å². The van der Waals surface area contributed by atoms with E-state index in [9.17, 15) is 9.90 Å². The van der Waals surface area contributed by atoms with Crippen molar-refractivity contribution < 1.29 is 19.7 Å². The SMILES string of the molecule is COc1cc(CC(C)C(=O)O)c(O)cc1Cl. The lowest BCUT2D eigenvalue weighted by molar-refractivity contribution is -0.141. The molecule has 2 N–H and O–H groups in total. The lowest BCUT2D eigenvalue weighted by Gasteiger charge is -2.11. The van der Waals surface area contributed by atoms with Crippen LogP contribution in [0.3, 0.4) is 0 Å². The summed E-state index contributed by atoms with van der Waals surface area (Å²) in [6.45, 7) is 1.57. The van der Waals surface area contributed by atoms with Crippen LogP contribution in [0.25, 0.3) is 0 Å². The fourth-order valence-corrected chi connectivity index (χ4v) is 1.56. The molecule has 0 heterocycles. The summed E-state index contributed by atoms with van der Waals surface area (Å²) < 4.78 is 4.99. The Bertz CT molecular complexity index is 403. The molecule has 0 bridgehead atoms. The van der Waals surface area contributed by atoms with Gasteiger partial charge in [0.05, 0.1) is 18.1 Å². The minimum atomic E-state index is -0.909. The molecule has 0 saturated heterocycles. The molecular formula is C11H13ClO4. The molecule has 0 aliphatic heterocycles. The number of aliphatic carboxylic acids is 1. The molecule has 1 rings (SSSR count). The highest BCUT2D eigenvalue weighted by atomic mass is 35.5. The van der Waals surface area contributed by atoms with Crippen molar-refractivity contribution in [3.63, 3.8) is 0 Å². The zero-order valence-corrected chi connectivity index (χ0v) is 9.78. The Balaban J connectivity index is 3.00. The summed E-state index contributed by atoms with van der Waals surface area (Å²) in [5, 5.41) is 18.7. The smallest absolute Gasteiger partial charge is 0.306 e. The molecule has 1 atom stereocenters. The average molecular weight is 245 g/mol. The molecule has 0 aromatic heterocycles. The summed E-state index contributed by atoms with van der Waals surface area (Å²) in [5.74, 6) is -1.07. The van der Waals surface area contributed by atoms with E-state index >= 15 is 0 Å². The molecule has 4 nitrogen and oxygen atoms in total. The average Bonchev–Trinajstić information content (AvgIpc) is 2.21. The molecule has 0 aliphatic carbocycles. The van der Waals surface area contributed by atoms with Gasteiger partial charge in [0.2, 0.25) is 0 Å². The summed E-state index contributed by atoms with van der Waals surface area (Å²) in [4.78, 5) is 10.7. The number of carboxylic acid groups (broad SMARTS) is 1. The normalized spacial score (nSPS) is 12.2. The number of phenols is 1. The maximum atomic E-state index is 10.7. The Hall–Kier alpha value is -1.42. The molecule has 0 saturated carbocycles. The van der Waals surface area contributed by atoms with Gasteiger partial charge in [0.25, 0.3) is 0 Å². The maximum absolute atomic E-state index is 10.7. The van der Waals surface area contributed by atoms with E-state index in [1.165, 1.54) is 13.2 Å². The molecule has 1 unspecified atom stereocenters. The molecule has 0 spiro atoms. The molecule has 88 valence electrons. The number of carbonyl (C=O) groups is 1. The van der Waals surface area contributed by atoms with Crippen LogP contribution >= 0.6 is 11.6 Å². The van der Waals surface area contributed by atoms with E-state index in [1.54, 1.807) is 13.0 Å². The van der Waals surface area contributed by atoms with Gasteiger partial charge < -0.3 is 14.9 Å². The second-order valence-electron chi connectivity index (χ2n) is 3.56. The fourth-order valence-electron chi connectivity index (χ4n) is 1.32. The number of phenolic OH excluding ortho intramolecular Hbond substituents is 1. The van der Waals surface area contributed by atoms with Crippen LogP contribution in [0.2, 0.25) is 5.02 Å². The van der Waals surface area contributed by atoms with Gasteiger partial charge in [-0.25, -0.2) is 0 Å². The van der Waals surface area contributed by atoms with Crippen molar-refractivity contribution in [2.75, 3.05) is 7.11 Å². The van der Waals surface area contributed by atoms with Gasteiger partial charge in [0.1, 0.15) is 11.5 Å². The predicted octanol–water partition coefficient (Wildman–Crippen LogP) is 2.32. The first-order valence-corrected chi connectivity index (χ1v) is 5.11. The van der Waals surface area contributed by atoms with E-state index in [0.717, 1.165) is 0 Å².